The van der Waals surface area contributed by atoms with Gasteiger partial charge in [-0.1, -0.05) is 18.2 Å². The quantitative estimate of drug-likeness (QED) is 0.177. The molecule has 23 heavy (non-hydrogen) atoms. The first-order valence-corrected chi connectivity index (χ1v) is 7.63. The normalized spacial score (nSPS) is 17.5. The molecule has 0 aromatic rings. The maximum Gasteiger partial charge on any atom is 0.323 e. The summed E-state index contributed by atoms with van der Waals surface area (Å²) in [5, 5.41) is 18.1. The molecule has 0 saturated heterocycles. The van der Waals surface area contributed by atoms with Crippen molar-refractivity contribution in [2.24, 2.45) is 0 Å². The van der Waals surface area contributed by atoms with Crippen molar-refractivity contribution in [2.75, 3.05) is 33.7 Å². The van der Waals surface area contributed by atoms with E-state index in [4.69, 9.17) is 5.21 Å². The van der Waals surface area contributed by atoms with E-state index >= 15 is 0 Å². The van der Waals surface area contributed by atoms with Crippen LogP contribution in [0, 0.1) is 0 Å². The van der Waals surface area contributed by atoms with Gasteiger partial charge in [-0.05, 0) is 45.6 Å². The summed E-state index contributed by atoms with van der Waals surface area (Å²) in [6.07, 6.45) is 5.26. The lowest BCUT2D eigenvalue weighted by atomic mass is 10.1. The van der Waals surface area contributed by atoms with Gasteiger partial charge in [0.05, 0.1) is 11.8 Å². The van der Waals surface area contributed by atoms with E-state index in [1.807, 2.05) is 7.05 Å². The Labute approximate surface area is 137 Å². The van der Waals surface area contributed by atoms with E-state index in [1.165, 1.54) is 26.1 Å². The summed E-state index contributed by atoms with van der Waals surface area (Å²) in [5.41, 5.74) is 0.151. The zero-order valence-electron chi connectivity index (χ0n) is 14.2. The fourth-order valence-electron chi connectivity index (χ4n) is 1.82. The molecular formula is C16H28FN4O2+. The molecule has 0 bridgehead atoms. The maximum absolute atomic E-state index is 13.2. The van der Waals surface area contributed by atoms with Crippen LogP contribution in [0.15, 0.2) is 35.8 Å². The number of carbonyl (C=O) groups is 1. The smallest absolute Gasteiger partial charge is 0.323 e. The summed E-state index contributed by atoms with van der Waals surface area (Å²) in [5.74, 6) is -0.547. The lowest BCUT2D eigenvalue weighted by molar-refractivity contribution is -0.755. The number of hydroxylamine groups is 1. The highest BCUT2D eigenvalue weighted by atomic mass is 19.1. The third-order valence-corrected chi connectivity index (χ3v) is 2.97. The van der Waals surface area contributed by atoms with Crippen molar-refractivity contribution >= 4 is 12.1 Å². The van der Waals surface area contributed by atoms with Crippen LogP contribution in [0.5, 0.6) is 0 Å². The number of hydrogen-bond acceptors (Lipinski definition) is 4. The van der Waals surface area contributed by atoms with E-state index in [9.17, 15) is 9.18 Å². The van der Waals surface area contributed by atoms with Gasteiger partial charge in [0.1, 0.15) is 18.4 Å². The fourth-order valence-corrected chi connectivity index (χ4v) is 1.82. The van der Waals surface area contributed by atoms with Gasteiger partial charge in [0.15, 0.2) is 6.29 Å². The second-order valence-electron chi connectivity index (χ2n) is 4.87. The van der Waals surface area contributed by atoms with Crippen molar-refractivity contribution in [2.45, 2.75) is 19.8 Å². The standard InChI is InChI=1S/C9H9FN2O2.C7H18N2/c1-3-7(10)8-6(5-13)4-11-9(8)12(2)14;1-3-5-9-7-4-6-8-2/h3-5,14H,1H2,2H3;8-9H,3-7H2,1-2H3/p+1/b8-7+;. The second-order valence-corrected chi connectivity index (χ2v) is 4.87. The molecule has 0 aliphatic carbocycles. The third kappa shape index (κ3) is 7.71. The topological polar surface area (TPSA) is 76.4 Å². The third-order valence-electron chi connectivity index (χ3n) is 2.97. The van der Waals surface area contributed by atoms with Crippen molar-refractivity contribution in [3.8, 4) is 0 Å². The zero-order valence-corrected chi connectivity index (χ0v) is 14.2. The molecule has 0 amide bonds. The van der Waals surface area contributed by atoms with Crippen LogP contribution in [0.4, 0.5) is 4.39 Å². The van der Waals surface area contributed by atoms with Crippen LogP contribution in [0.1, 0.15) is 19.8 Å². The van der Waals surface area contributed by atoms with Crippen LogP contribution in [0.2, 0.25) is 0 Å². The van der Waals surface area contributed by atoms with Crippen molar-refractivity contribution in [3.63, 3.8) is 0 Å². The lowest BCUT2D eigenvalue weighted by Gasteiger charge is -2.00. The first-order valence-electron chi connectivity index (χ1n) is 7.63. The average Bonchev–Trinajstić information content (AvgIpc) is 2.99. The zero-order chi connectivity index (χ0) is 17.7. The van der Waals surface area contributed by atoms with Gasteiger partial charge < -0.3 is 15.8 Å². The number of hydrogen-bond donors (Lipinski definition) is 4. The van der Waals surface area contributed by atoms with Gasteiger partial charge in [0.2, 0.25) is 0 Å². The number of nitrogens with zero attached hydrogens (tertiary/aromatic N) is 1. The molecule has 1 heterocycles. The molecule has 0 aromatic carbocycles. The van der Waals surface area contributed by atoms with Crippen LogP contribution in [0.25, 0.3) is 0 Å². The van der Waals surface area contributed by atoms with Gasteiger partial charge >= 0.3 is 5.84 Å². The Balaban J connectivity index is 0.000000468. The Morgan fingerprint density at radius 1 is 1.48 bits per heavy atom. The predicted octanol–water partition coefficient (Wildman–Crippen LogP) is 1.11. The molecule has 0 atom stereocenters. The minimum absolute atomic E-state index is 0.0139. The number of rotatable bonds is 8. The summed E-state index contributed by atoms with van der Waals surface area (Å²) in [6, 6.07) is 0. The Morgan fingerprint density at radius 3 is 2.65 bits per heavy atom. The molecule has 0 unspecified atom stereocenters. The number of halogens is 1. The highest BCUT2D eigenvalue weighted by Crippen LogP contribution is 2.20. The first kappa shape index (κ1) is 21.0. The SMILES string of the molecule is C=C/C(F)=C1/C(C=O)=CN/C1=[N+](/C)O.CCCNCCCNC. The summed E-state index contributed by atoms with van der Waals surface area (Å²) >= 11 is 0. The minimum atomic E-state index is -0.663. The van der Waals surface area contributed by atoms with Crippen LogP contribution in [-0.2, 0) is 4.79 Å². The van der Waals surface area contributed by atoms with Gasteiger partial charge in [-0.3, -0.25) is 4.79 Å². The predicted molar refractivity (Wildman–Crippen MR) is 90.3 cm³/mol. The molecule has 1 rings (SSSR count). The molecule has 0 radical (unpaired) electrons. The highest BCUT2D eigenvalue weighted by molar-refractivity contribution is 6.10. The number of amidine groups is 1. The van der Waals surface area contributed by atoms with E-state index in [-0.39, 0.29) is 17.0 Å². The van der Waals surface area contributed by atoms with Gasteiger partial charge in [-0.25, -0.2) is 9.71 Å². The highest BCUT2D eigenvalue weighted by Gasteiger charge is 2.30. The molecule has 130 valence electrons. The van der Waals surface area contributed by atoms with Crippen molar-refractivity contribution in [1.29, 1.82) is 0 Å². The van der Waals surface area contributed by atoms with E-state index in [1.54, 1.807) is 0 Å². The van der Waals surface area contributed by atoms with E-state index < -0.39 is 5.83 Å². The molecule has 1 aliphatic rings. The van der Waals surface area contributed by atoms with Crippen LogP contribution < -0.4 is 16.0 Å². The van der Waals surface area contributed by atoms with Crippen LogP contribution >= 0.6 is 0 Å². The molecule has 0 aromatic heterocycles. The van der Waals surface area contributed by atoms with Gasteiger partial charge in [-0.2, -0.15) is 0 Å². The molecule has 0 spiro atoms. The number of nitrogens with one attached hydrogen (secondary N) is 3. The Bertz CT molecular complexity index is 474. The van der Waals surface area contributed by atoms with Crippen LogP contribution in [-0.4, -0.2) is 55.8 Å². The summed E-state index contributed by atoms with van der Waals surface area (Å²) in [6.45, 7) is 8.86. The second kappa shape index (κ2) is 12.5. The molecule has 0 saturated carbocycles. The molecule has 6 nitrogen and oxygen atoms in total. The molecule has 0 fully saturated rings. The largest absolute Gasteiger partial charge is 0.355 e. The molecule has 7 heteroatoms. The van der Waals surface area contributed by atoms with E-state index in [0.717, 1.165) is 25.7 Å². The Hall–Kier alpha value is -1.99. The Kier molecular flexibility index (Phi) is 11.5. The van der Waals surface area contributed by atoms with Crippen molar-refractivity contribution < 1.29 is 19.1 Å². The first-order chi connectivity index (χ1) is 11.0. The van der Waals surface area contributed by atoms with E-state index in [2.05, 4.69) is 29.5 Å². The lowest BCUT2D eigenvalue weighted by Crippen LogP contribution is -2.25. The summed E-state index contributed by atoms with van der Waals surface area (Å²) < 4.78 is 13.9. The van der Waals surface area contributed by atoms with Crippen molar-refractivity contribution in [1.82, 2.24) is 16.0 Å². The Morgan fingerprint density at radius 2 is 2.17 bits per heavy atom. The molecule has 4 N–H and O–H groups in total. The fraction of sp³-hybridized carbons (Fsp3) is 0.500. The van der Waals surface area contributed by atoms with Gasteiger partial charge in [0, 0.05) is 0 Å². The summed E-state index contributed by atoms with van der Waals surface area (Å²) in [4.78, 5) is 10.5. The molecular weight excluding hydrogens is 299 g/mol. The van der Waals surface area contributed by atoms with Gasteiger partial charge in [0.25, 0.3) is 0 Å². The summed E-state index contributed by atoms with van der Waals surface area (Å²) in [7, 11) is 3.31. The maximum atomic E-state index is 13.2. The van der Waals surface area contributed by atoms with Gasteiger partial charge in [-0.15, -0.1) is 0 Å². The average molecular weight is 327 g/mol. The van der Waals surface area contributed by atoms with Crippen molar-refractivity contribution in [3.05, 3.63) is 35.8 Å². The van der Waals surface area contributed by atoms with Crippen LogP contribution in [0.3, 0.4) is 0 Å². The number of aldehydes is 1. The van der Waals surface area contributed by atoms with E-state index in [0.29, 0.717) is 11.0 Å². The monoisotopic (exact) mass is 327 g/mol. The molecule has 1 aliphatic heterocycles. The minimum Gasteiger partial charge on any atom is -0.355 e. The number of allylic oxidation sites excluding steroid dienone is 2. The number of carbonyl (C=O) groups excluding carboxylic acids is 1.